The Morgan fingerprint density at radius 2 is 0.949 bits per heavy atom. The number of ether oxygens (including phenoxy) is 2. The molecule has 0 aliphatic carbocycles. The molecule has 0 aromatic heterocycles. The Kier molecular flexibility index (Phi) is 38.0. The molecule has 1 unspecified atom stereocenters. The summed E-state index contributed by atoms with van der Waals surface area (Å²) in [4.78, 5) is 52.6. The standard InChI is InChI=1S/C44H76O13P2/c1-3-5-7-9-11-13-15-17-19-20-22-24-26-28-30-32-34-36-44(47)57-42(40-56-59(51,52)55-38-41(45)37-54-58(48,49)50)39-53-43(46)35-33-31-29-27-25-23-21-18-16-14-12-10-8-6-4-2/h6,8,12,14,17-19,21-22,24,28,30,41-42,45H,3-5,7,9-11,13,15-16,20,23,25-27,29,31-40H2,1-2H3,(H,51,52)(H2,48,49,50)/b8-6-,14-12-,19-17-,21-18-,24-22-,30-28-/t41-,42+/m0/s1. The van der Waals surface area contributed by atoms with E-state index in [1.165, 1.54) is 38.5 Å². The zero-order chi connectivity index (χ0) is 43.7. The molecule has 13 nitrogen and oxygen atoms in total. The lowest BCUT2D eigenvalue weighted by Gasteiger charge is -2.20. The van der Waals surface area contributed by atoms with Crippen molar-refractivity contribution in [3.63, 3.8) is 0 Å². The fourth-order valence-corrected chi connectivity index (χ4v) is 6.47. The Balaban J connectivity index is 4.65. The first-order chi connectivity index (χ1) is 28.4. The number of aliphatic hydroxyl groups excluding tert-OH is 1. The number of aliphatic hydroxyl groups is 1. The van der Waals surface area contributed by atoms with Crippen LogP contribution < -0.4 is 0 Å². The minimum atomic E-state index is -4.87. The second-order valence-electron chi connectivity index (χ2n) is 14.2. The predicted molar refractivity (Wildman–Crippen MR) is 234 cm³/mol. The fraction of sp³-hybridized carbons (Fsp3) is 0.682. The maximum Gasteiger partial charge on any atom is 0.472 e. The third-order valence-corrected chi connectivity index (χ3v) is 10.0. The van der Waals surface area contributed by atoms with Crippen molar-refractivity contribution in [1.29, 1.82) is 0 Å². The van der Waals surface area contributed by atoms with Gasteiger partial charge in [-0.2, -0.15) is 0 Å². The van der Waals surface area contributed by atoms with Gasteiger partial charge in [0.25, 0.3) is 0 Å². The molecular weight excluding hydrogens is 798 g/mol. The monoisotopic (exact) mass is 874 g/mol. The summed E-state index contributed by atoms with van der Waals surface area (Å²) in [6.45, 7) is 1.55. The van der Waals surface area contributed by atoms with Crippen molar-refractivity contribution in [3.8, 4) is 0 Å². The minimum absolute atomic E-state index is 0.0524. The lowest BCUT2D eigenvalue weighted by atomic mass is 10.1. The molecule has 0 heterocycles. The number of phosphoric ester groups is 2. The molecule has 0 saturated heterocycles. The van der Waals surface area contributed by atoms with Crippen molar-refractivity contribution in [2.24, 2.45) is 0 Å². The van der Waals surface area contributed by atoms with Crippen LogP contribution in [0.25, 0.3) is 0 Å². The molecule has 340 valence electrons. The van der Waals surface area contributed by atoms with E-state index in [1.54, 1.807) is 0 Å². The Morgan fingerprint density at radius 3 is 1.49 bits per heavy atom. The van der Waals surface area contributed by atoms with Gasteiger partial charge < -0.3 is 29.3 Å². The van der Waals surface area contributed by atoms with Crippen molar-refractivity contribution < 1.29 is 61.6 Å². The summed E-state index contributed by atoms with van der Waals surface area (Å²) in [6.07, 6.45) is 43.3. The SMILES string of the molecule is CC/C=C\C/C=C\C/C=C\CCCCCCCC(=O)OC[C@H](COP(=O)(O)OC[C@@H](O)COP(=O)(O)O)OC(=O)CCC/C=C\C/C=C\C/C=C\CCCCCCCC. The minimum Gasteiger partial charge on any atom is -0.462 e. The van der Waals surface area contributed by atoms with E-state index in [4.69, 9.17) is 23.8 Å². The van der Waals surface area contributed by atoms with Crippen molar-refractivity contribution in [2.45, 2.75) is 167 Å². The second-order valence-corrected chi connectivity index (χ2v) is 16.9. The van der Waals surface area contributed by atoms with E-state index in [0.29, 0.717) is 19.3 Å². The van der Waals surface area contributed by atoms with Gasteiger partial charge in [0.15, 0.2) is 6.10 Å². The lowest BCUT2D eigenvalue weighted by Crippen LogP contribution is -2.29. The van der Waals surface area contributed by atoms with Gasteiger partial charge in [0, 0.05) is 12.8 Å². The zero-order valence-corrected chi connectivity index (χ0v) is 37.6. The third kappa shape index (κ3) is 43.5. The van der Waals surface area contributed by atoms with Crippen LogP contribution >= 0.6 is 15.6 Å². The lowest BCUT2D eigenvalue weighted by molar-refractivity contribution is -0.161. The molecule has 0 rings (SSSR count). The molecule has 59 heavy (non-hydrogen) atoms. The summed E-state index contributed by atoms with van der Waals surface area (Å²) >= 11 is 0. The van der Waals surface area contributed by atoms with E-state index in [1.807, 2.05) is 12.2 Å². The highest BCUT2D eigenvalue weighted by atomic mass is 31.2. The number of esters is 2. The van der Waals surface area contributed by atoms with Crippen LogP contribution in [0.3, 0.4) is 0 Å². The number of carbonyl (C=O) groups is 2. The third-order valence-electron chi connectivity index (χ3n) is 8.57. The summed E-state index contributed by atoms with van der Waals surface area (Å²) in [5.41, 5.74) is 0. The van der Waals surface area contributed by atoms with Gasteiger partial charge in [-0.15, -0.1) is 0 Å². The summed E-state index contributed by atoms with van der Waals surface area (Å²) in [7, 11) is -9.70. The maximum atomic E-state index is 12.6. The molecule has 0 fully saturated rings. The first kappa shape index (κ1) is 56.6. The molecule has 0 saturated carbocycles. The van der Waals surface area contributed by atoms with Crippen LogP contribution in [0.2, 0.25) is 0 Å². The number of rotatable bonds is 40. The summed E-state index contributed by atoms with van der Waals surface area (Å²) < 4.78 is 47.7. The molecule has 0 spiro atoms. The molecule has 4 N–H and O–H groups in total. The largest absolute Gasteiger partial charge is 0.472 e. The average Bonchev–Trinajstić information content (AvgIpc) is 3.19. The van der Waals surface area contributed by atoms with Crippen LogP contribution in [0.15, 0.2) is 72.9 Å². The molecule has 0 bridgehead atoms. The van der Waals surface area contributed by atoms with Gasteiger partial charge >= 0.3 is 27.6 Å². The summed E-state index contributed by atoms with van der Waals surface area (Å²) in [5, 5.41) is 9.74. The van der Waals surface area contributed by atoms with E-state index in [9.17, 15) is 28.7 Å². The number of hydrogen-bond acceptors (Lipinski definition) is 10. The summed E-state index contributed by atoms with van der Waals surface area (Å²) in [5.74, 6) is -1.12. The number of carbonyl (C=O) groups excluding carboxylic acids is 2. The molecule has 0 amide bonds. The van der Waals surface area contributed by atoms with E-state index >= 15 is 0 Å². The van der Waals surface area contributed by atoms with E-state index in [2.05, 4.69) is 83.7 Å². The molecule has 15 heteroatoms. The van der Waals surface area contributed by atoms with E-state index in [0.717, 1.165) is 70.6 Å². The second kappa shape index (κ2) is 39.7. The van der Waals surface area contributed by atoms with Crippen molar-refractivity contribution in [3.05, 3.63) is 72.9 Å². The van der Waals surface area contributed by atoms with Crippen molar-refractivity contribution >= 4 is 27.6 Å². The zero-order valence-electron chi connectivity index (χ0n) is 35.8. The van der Waals surface area contributed by atoms with E-state index < -0.39 is 66.2 Å². The Bertz CT molecular complexity index is 1320. The molecule has 0 radical (unpaired) electrons. The predicted octanol–water partition coefficient (Wildman–Crippen LogP) is 11.0. The van der Waals surface area contributed by atoms with Crippen LogP contribution in [0.1, 0.15) is 155 Å². The van der Waals surface area contributed by atoms with Gasteiger partial charge in [0.05, 0.1) is 19.8 Å². The molecule has 0 aliphatic heterocycles. The number of allylic oxidation sites excluding steroid dienone is 12. The van der Waals surface area contributed by atoms with Gasteiger partial charge in [0.2, 0.25) is 0 Å². The molecule has 3 atom stereocenters. The van der Waals surface area contributed by atoms with Gasteiger partial charge in [-0.05, 0) is 77.0 Å². The molecular formula is C44H76O13P2. The van der Waals surface area contributed by atoms with Crippen LogP contribution in [0.5, 0.6) is 0 Å². The highest BCUT2D eigenvalue weighted by Crippen LogP contribution is 2.43. The molecule has 0 aromatic rings. The topological polar surface area (TPSA) is 195 Å². The quantitative estimate of drug-likeness (QED) is 0.0197. The summed E-state index contributed by atoms with van der Waals surface area (Å²) in [6, 6.07) is 0. The Labute approximate surface area is 354 Å². The van der Waals surface area contributed by atoms with Gasteiger partial charge in [0.1, 0.15) is 12.7 Å². The highest BCUT2D eigenvalue weighted by Gasteiger charge is 2.28. The maximum absolute atomic E-state index is 12.6. The Morgan fingerprint density at radius 1 is 0.508 bits per heavy atom. The number of phosphoric acid groups is 2. The van der Waals surface area contributed by atoms with Gasteiger partial charge in [-0.3, -0.25) is 23.2 Å². The number of unbranched alkanes of at least 4 members (excludes halogenated alkanes) is 12. The highest BCUT2D eigenvalue weighted by molar-refractivity contribution is 7.47. The van der Waals surface area contributed by atoms with Gasteiger partial charge in [-0.25, -0.2) is 9.13 Å². The number of hydrogen-bond donors (Lipinski definition) is 4. The normalized spacial score (nSPS) is 14.7. The van der Waals surface area contributed by atoms with Crippen LogP contribution in [0.4, 0.5) is 0 Å². The van der Waals surface area contributed by atoms with Crippen LogP contribution in [0, 0.1) is 0 Å². The van der Waals surface area contributed by atoms with Crippen LogP contribution in [-0.2, 0) is 41.8 Å². The average molecular weight is 875 g/mol. The smallest absolute Gasteiger partial charge is 0.462 e. The molecule has 0 aliphatic rings. The Hall–Kier alpha value is -2.44. The van der Waals surface area contributed by atoms with Crippen molar-refractivity contribution in [2.75, 3.05) is 26.4 Å². The first-order valence-corrected chi connectivity index (χ1v) is 24.7. The van der Waals surface area contributed by atoms with E-state index in [-0.39, 0.29) is 12.8 Å². The van der Waals surface area contributed by atoms with Crippen molar-refractivity contribution in [1.82, 2.24) is 0 Å². The first-order valence-electron chi connectivity index (χ1n) is 21.6. The molecule has 0 aromatic carbocycles. The van der Waals surface area contributed by atoms with Gasteiger partial charge in [-0.1, -0.05) is 138 Å². The fourth-order valence-electron chi connectivity index (χ4n) is 5.32. The van der Waals surface area contributed by atoms with Crippen LogP contribution in [-0.4, -0.2) is 70.4 Å².